The van der Waals surface area contributed by atoms with E-state index in [-0.39, 0.29) is 0 Å². The molecule has 2 aromatic heterocycles. The lowest BCUT2D eigenvalue weighted by Gasteiger charge is -2.31. The summed E-state index contributed by atoms with van der Waals surface area (Å²) in [6, 6.07) is 0. The van der Waals surface area contributed by atoms with Crippen LogP contribution in [0.2, 0.25) is 0 Å². The predicted octanol–water partition coefficient (Wildman–Crippen LogP) is 1.33. The van der Waals surface area contributed by atoms with Gasteiger partial charge in [-0.05, 0) is 18.8 Å². The molecule has 6 heteroatoms. The minimum Gasteiger partial charge on any atom is -0.381 e. The summed E-state index contributed by atoms with van der Waals surface area (Å²) in [5, 5.41) is 8.37. The largest absolute Gasteiger partial charge is 0.381 e. The molecule has 1 fully saturated rings. The van der Waals surface area contributed by atoms with Gasteiger partial charge in [-0.3, -0.25) is 4.40 Å². The van der Waals surface area contributed by atoms with Crippen LogP contribution in [0, 0.1) is 5.92 Å². The Hall–Kier alpha value is -1.85. The van der Waals surface area contributed by atoms with Gasteiger partial charge in [-0.25, -0.2) is 4.98 Å². The predicted molar refractivity (Wildman–Crippen MR) is 70.4 cm³/mol. The maximum Gasteiger partial charge on any atom is 0.231 e. The molecule has 0 atom stereocenters. The molecular formula is C12H18N6. The molecule has 0 saturated carbocycles. The topological polar surface area (TPSA) is 72.3 Å². The number of hydrogen-bond acceptors (Lipinski definition) is 5. The summed E-state index contributed by atoms with van der Waals surface area (Å²) in [5.41, 5.74) is 6.43. The molecule has 2 aromatic rings. The number of fused-ring (bicyclic) bond motifs is 1. The van der Waals surface area contributed by atoms with Crippen molar-refractivity contribution in [2.45, 2.75) is 26.2 Å². The molecule has 3 rings (SSSR count). The third-order valence-corrected chi connectivity index (χ3v) is 3.81. The van der Waals surface area contributed by atoms with E-state index >= 15 is 0 Å². The lowest BCUT2D eigenvalue weighted by Crippen LogP contribution is -2.34. The molecule has 0 aliphatic carbocycles. The second kappa shape index (κ2) is 4.44. The normalized spacial score (nSPS) is 17.5. The van der Waals surface area contributed by atoms with Gasteiger partial charge in [-0.15, -0.1) is 10.2 Å². The van der Waals surface area contributed by atoms with Crippen LogP contribution >= 0.6 is 0 Å². The first kappa shape index (κ1) is 11.3. The van der Waals surface area contributed by atoms with Gasteiger partial charge in [0.25, 0.3) is 0 Å². The summed E-state index contributed by atoms with van der Waals surface area (Å²) < 4.78 is 1.93. The molecule has 6 nitrogen and oxygen atoms in total. The Kier molecular flexibility index (Phi) is 2.77. The average Bonchev–Trinajstić information content (AvgIpc) is 2.84. The van der Waals surface area contributed by atoms with Crippen molar-refractivity contribution in [3.8, 4) is 0 Å². The van der Waals surface area contributed by atoms with E-state index in [4.69, 9.17) is 5.73 Å². The van der Waals surface area contributed by atoms with Gasteiger partial charge in [0.05, 0.1) is 0 Å². The first-order valence-electron chi connectivity index (χ1n) is 6.49. The molecule has 0 unspecified atom stereocenters. The van der Waals surface area contributed by atoms with Gasteiger partial charge in [0.1, 0.15) is 0 Å². The second-order valence-electron chi connectivity index (χ2n) is 4.84. The van der Waals surface area contributed by atoms with Gasteiger partial charge in [0, 0.05) is 25.5 Å². The van der Waals surface area contributed by atoms with Crippen LogP contribution in [0.15, 0.2) is 12.4 Å². The SMILES string of the molecule is CCC1CCN(c2nnc3c(N)nccn23)CC1. The molecule has 3 heterocycles. The first-order valence-corrected chi connectivity index (χ1v) is 6.49. The average molecular weight is 246 g/mol. The minimum absolute atomic E-state index is 0.430. The fourth-order valence-corrected chi connectivity index (χ4v) is 2.59. The van der Waals surface area contributed by atoms with E-state index in [0.717, 1.165) is 25.0 Å². The Labute approximate surface area is 106 Å². The zero-order valence-corrected chi connectivity index (χ0v) is 10.6. The van der Waals surface area contributed by atoms with Crippen LogP contribution in [0.4, 0.5) is 11.8 Å². The maximum absolute atomic E-state index is 5.79. The summed E-state index contributed by atoms with van der Waals surface area (Å²) in [4.78, 5) is 6.31. The summed E-state index contributed by atoms with van der Waals surface area (Å²) in [7, 11) is 0. The van der Waals surface area contributed by atoms with Crippen molar-refractivity contribution < 1.29 is 0 Å². The lowest BCUT2D eigenvalue weighted by molar-refractivity contribution is 0.392. The monoisotopic (exact) mass is 246 g/mol. The molecule has 96 valence electrons. The van der Waals surface area contributed by atoms with Gasteiger partial charge >= 0.3 is 0 Å². The molecule has 1 saturated heterocycles. The molecule has 1 aliphatic rings. The quantitative estimate of drug-likeness (QED) is 0.865. The fourth-order valence-electron chi connectivity index (χ4n) is 2.59. The van der Waals surface area contributed by atoms with Crippen molar-refractivity contribution in [2.24, 2.45) is 5.92 Å². The molecule has 0 spiro atoms. The van der Waals surface area contributed by atoms with E-state index in [9.17, 15) is 0 Å². The molecule has 18 heavy (non-hydrogen) atoms. The van der Waals surface area contributed by atoms with E-state index in [1.54, 1.807) is 6.20 Å². The Morgan fingerprint density at radius 3 is 2.83 bits per heavy atom. The molecule has 1 aliphatic heterocycles. The molecule has 0 bridgehead atoms. The zero-order valence-electron chi connectivity index (χ0n) is 10.6. The van der Waals surface area contributed by atoms with Gasteiger partial charge in [-0.1, -0.05) is 13.3 Å². The van der Waals surface area contributed by atoms with E-state index in [2.05, 4.69) is 27.0 Å². The fraction of sp³-hybridized carbons (Fsp3) is 0.583. The maximum atomic E-state index is 5.79. The Bertz CT molecular complexity index is 540. The van der Waals surface area contributed by atoms with Crippen molar-refractivity contribution in [3.05, 3.63) is 12.4 Å². The van der Waals surface area contributed by atoms with Crippen molar-refractivity contribution in [2.75, 3.05) is 23.7 Å². The van der Waals surface area contributed by atoms with Crippen LogP contribution in [0.25, 0.3) is 5.65 Å². The number of nitrogen functional groups attached to an aromatic ring is 1. The Morgan fingerprint density at radius 2 is 2.11 bits per heavy atom. The van der Waals surface area contributed by atoms with Crippen molar-refractivity contribution in [1.82, 2.24) is 19.6 Å². The van der Waals surface area contributed by atoms with E-state index < -0.39 is 0 Å². The van der Waals surface area contributed by atoms with Gasteiger partial charge in [-0.2, -0.15) is 0 Å². The number of piperidine rings is 1. The van der Waals surface area contributed by atoms with E-state index in [1.807, 2.05) is 10.6 Å². The van der Waals surface area contributed by atoms with Crippen molar-refractivity contribution in [3.63, 3.8) is 0 Å². The second-order valence-corrected chi connectivity index (χ2v) is 4.84. The molecular weight excluding hydrogens is 228 g/mol. The van der Waals surface area contributed by atoms with Crippen molar-refractivity contribution >= 4 is 17.4 Å². The highest BCUT2D eigenvalue weighted by Crippen LogP contribution is 2.24. The van der Waals surface area contributed by atoms with Crippen LogP contribution in [0.1, 0.15) is 26.2 Å². The van der Waals surface area contributed by atoms with Crippen LogP contribution in [0.5, 0.6) is 0 Å². The van der Waals surface area contributed by atoms with E-state index in [0.29, 0.717) is 11.5 Å². The standard InChI is InChI=1S/C12H18N6/c1-2-9-3-6-17(7-4-9)12-16-15-11-10(13)14-5-8-18(11)12/h5,8-9H,2-4,6-7H2,1H3,(H2,13,14). The summed E-state index contributed by atoms with van der Waals surface area (Å²) in [5.74, 6) is 2.17. The number of anilines is 2. The Morgan fingerprint density at radius 1 is 1.33 bits per heavy atom. The third-order valence-electron chi connectivity index (χ3n) is 3.81. The van der Waals surface area contributed by atoms with Crippen LogP contribution < -0.4 is 10.6 Å². The lowest BCUT2D eigenvalue weighted by atomic mass is 9.95. The molecule has 0 amide bonds. The van der Waals surface area contributed by atoms with Crippen LogP contribution in [0.3, 0.4) is 0 Å². The molecule has 0 radical (unpaired) electrons. The third kappa shape index (κ3) is 1.77. The molecule has 2 N–H and O–H groups in total. The first-order chi connectivity index (χ1) is 8.79. The highest BCUT2D eigenvalue weighted by Gasteiger charge is 2.21. The van der Waals surface area contributed by atoms with Crippen molar-refractivity contribution in [1.29, 1.82) is 0 Å². The Balaban J connectivity index is 1.89. The minimum atomic E-state index is 0.430. The highest BCUT2D eigenvalue weighted by atomic mass is 15.4. The summed E-state index contributed by atoms with van der Waals surface area (Å²) in [6.45, 7) is 4.35. The number of aromatic nitrogens is 4. The van der Waals surface area contributed by atoms with Crippen LogP contribution in [-0.4, -0.2) is 32.7 Å². The van der Waals surface area contributed by atoms with Gasteiger partial charge in [0.15, 0.2) is 5.82 Å². The van der Waals surface area contributed by atoms with E-state index in [1.165, 1.54) is 19.3 Å². The summed E-state index contributed by atoms with van der Waals surface area (Å²) in [6.07, 6.45) is 7.28. The highest BCUT2D eigenvalue weighted by molar-refractivity contribution is 5.61. The number of nitrogens with zero attached hydrogens (tertiary/aromatic N) is 5. The van der Waals surface area contributed by atoms with Gasteiger partial charge in [0.2, 0.25) is 11.6 Å². The zero-order chi connectivity index (χ0) is 12.5. The van der Waals surface area contributed by atoms with Gasteiger partial charge < -0.3 is 10.6 Å². The molecule has 0 aromatic carbocycles. The summed E-state index contributed by atoms with van der Waals surface area (Å²) >= 11 is 0. The smallest absolute Gasteiger partial charge is 0.231 e. The number of rotatable bonds is 2. The number of hydrogen-bond donors (Lipinski definition) is 1. The van der Waals surface area contributed by atoms with Crippen LogP contribution in [-0.2, 0) is 0 Å². The number of nitrogens with two attached hydrogens (primary N) is 1.